The van der Waals surface area contributed by atoms with Crippen LogP contribution in [0.2, 0.25) is 0 Å². The molecular formula is C19H25ClN6O. The number of aryl methyl sites for hydroxylation is 2. The first-order valence-corrected chi connectivity index (χ1v) is 8.67. The number of hydrogen-bond acceptors (Lipinski definition) is 4. The monoisotopic (exact) mass is 388 g/mol. The Morgan fingerprint density at radius 2 is 2.00 bits per heavy atom. The fourth-order valence-corrected chi connectivity index (χ4v) is 2.96. The molecule has 27 heavy (non-hydrogen) atoms. The number of hydrogen-bond donors (Lipinski definition) is 3. The van der Waals surface area contributed by atoms with Crippen LogP contribution in [0.25, 0.3) is 11.3 Å². The first-order chi connectivity index (χ1) is 12.5. The van der Waals surface area contributed by atoms with Crippen LogP contribution in [0.15, 0.2) is 30.3 Å². The highest BCUT2D eigenvalue weighted by Gasteiger charge is 2.17. The lowest BCUT2D eigenvalue weighted by Gasteiger charge is -2.10. The van der Waals surface area contributed by atoms with Crippen LogP contribution in [-0.4, -0.2) is 32.4 Å². The second kappa shape index (κ2) is 8.83. The van der Waals surface area contributed by atoms with Crippen LogP contribution in [0.3, 0.4) is 0 Å². The molecule has 0 spiro atoms. The minimum atomic E-state index is -0.216. The first kappa shape index (κ1) is 20.7. The quantitative estimate of drug-likeness (QED) is 0.605. The van der Waals surface area contributed by atoms with Crippen LogP contribution in [0, 0.1) is 13.8 Å². The Hall–Kier alpha value is -2.64. The molecule has 0 aliphatic heterocycles. The average molecular weight is 389 g/mol. The Kier molecular flexibility index (Phi) is 6.76. The fourth-order valence-electron chi connectivity index (χ4n) is 2.96. The molecule has 3 N–H and O–H groups in total. The lowest BCUT2D eigenvalue weighted by atomic mass is 10.1. The highest BCUT2D eigenvalue weighted by molar-refractivity contribution is 6.03. The summed E-state index contributed by atoms with van der Waals surface area (Å²) in [6, 6.07) is 9.53. The molecule has 0 bridgehead atoms. The van der Waals surface area contributed by atoms with Gasteiger partial charge in [0.05, 0.1) is 11.4 Å². The van der Waals surface area contributed by atoms with E-state index in [1.165, 1.54) is 0 Å². The predicted molar refractivity (Wildman–Crippen MR) is 109 cm³/mol. The Bertz CT molecular complexity index is 930. The normalized spacial score (nSPS) is 10.5. The van der Waals surface area contributed by atoms with E-state index in [9.17, 15) is 4.79 Å². The molecule has 3 rings (SSSR count). The molecule has 0 fully saturated rings. The third kappa shape index (κ3) is 4.37. The molecule has 2 heterocycles. The van der Waals surface area contributed by atoms with E-state index in [1.54, 1.807) is 6.07 Å². The van der Waals surface area contributed by atoms with E-state index in [1.807, 2.05) is 49.8 Å². The van der Waals surface area contributed by atoms with Gasteiger partial charge in [-0.3, -0.25) is 14.6 Å². The summed E-state index contributed by atoms with van der Waals surface area (Å²) < 4.78 is 1.82. The van der Waals surface area contributed by atoms with Gasteiger partial charge in [-0.1, -0.05) is 25.1 Å². The minimum absolute atomic E-state index is 0. The highest BCUT2D eigenvalue weighted by atomic mass is 35.5. The van der Waals surface area contributed by atoms with Gasteiger partial charge < -0.3 is 10.6 Å². The molecule has 0 saturated carbocycles. The van der Waals surface area contributed by atoms with E-state index >= 15 is 0 Å². The third-order valence-electron chi connectivity index (χ3n) is 4.42. The zero-order valence-corrected chi connectivity index (χ0v) is 16.8. The molecule has 0 radical (unpaired) electrons. The largest absolute Gasteiger partial charge is 0.320 e. The zero-order valence-electron chi connectivity index (χ0n) is 16.0. The molecule has 2 aromatic heterocycles. The lowest BCUT2D eigenvalue weighted by Crippen LogP contribution is -2.17. The minimum Gasteiger partial charge on any atom is -0.320 e. The number of H-pyrrole nitrogens is 1. The Balaban J connectivity index is 0.00000261. The topological polar surface area (TPSA) is 87.6 Å². The number of benzene rings is 1. The number of nitrogens with zero attached hydrogens (tertiary/aromatic N) is 3. The number of carbonyl (C=O) groups is 1. The van der Waals surface area contributed by atoms with Crippen molar-refractivity contribution in [3.8, 4) is 11.3 Å². The molecule has 1 aromatic carbocycles. The van der Waals surface area contributed by atoms with Gasteiger partial charge in [-0.15, -0.1) is 12.4 Å². The highest BCUT2D eigenvalue weighted by Crippen LogP contribution is 2.25. The SMILES string of the molecule is CCNCc1ccccc1NC(=O)c1cc(-c2c(C)nn(C)c2C)n[nH]1.Cl. The number of rotatable bonds is 6. The van der Waals surface area contributed by atoms with Crippen molar-refractivity contribution in [3.05, 3.63) is 53.0 Å². The molecule has 8 heteroatoms. The summed E-state index contributed by atoms with van der Waals surface area (Å²) in [6.45, 7) is 7.55. The van der Waals surface area contributed by atoms with E-state index in [2.05, 4.69) is 32.9 Å². The zero-order chi connectivity index (χ0) is 18.7. The van der Waals surface area contributed by atoms with Gasteiger partial charge in [0, 0.05) is 30.5 Å². The Morgan fingerprint density at radius 3 is 2.67 bits per heavy atom. The van der Waals surface area contributed by atoms with Crippen molar-refractivity contribution in [1.82, 2.24) is 25.3 Å². The van der Waals surface area contributed by atoms with Crippen LogP contribution < -0.4 is 10.6 Å². The van der Waals surface area contributed by atoms with Gasteiger partial charge in [0.1, 0.15) is 5.69 Å². The molecule has 144 valence electrons. The number of aromatic nitrogens is 4. The maximum atomic E-state index is 12.6. The van der Waals surface area contributed by atoms with Crippen molar-refractivity contribution in [2.75, 3.05) is 11.9 Å². The molecule has 3 aromatic rings. The standard InChI is InChI=1S/C19H24N6O.ClH/c1-5-20-11-14-8-6-7-9-15(14)21-19(26)17-10-16(22-23-17)18-12(2)24-25(4)13(18)3;/h6-10,20H,5,11H2,1-4H3,(H,21,26)(H,22,23);1H. The average Bonchev–Trinajstić information content (AvgIpc) is 3.19. The number of amides is 1. The summed E-state index contributed by atoms with van der Waals surface area (Å²) in [5.41, 5.74) is 5.83. The predicted octanol–water partition coefficient (Wildman–Crippen LogP) is 3.21. The van der Waals surface area contributed by atoms with Crippen LogP contribution >= 0.6 is 12.4 Å². The maximum absolute atomic E-state index is 12.6. The van der Waals surface area contributed by atoms with E-state index in [0.717, 1.165) is 40.4 Å². The second-order valence-electron chi connectivity index (χ2n) is 6.23. The molecule has 0 aliphatic rings. The number of anilines is 1. The van der Waals surface area contributed by atoms with Gasteiger partial charge in [0.2, 0.25) is 0 Å². The van der Waals surface area contributed by atoms with E-state index < -0.39 is 0 Å². The van der Waals surface area contributed by atoms with Gasteiger partial charge in [-0.25, -0.2) is 0 Å². The van der Waals surface area contributed by atoms with Crippen molar-refractivity contribution >= 4 is 24.0 Å². The summed E-state index contributed by atoms with van der Waals surface area (Å²) >= 11 is 0. The van der Waals surface area contributed by atoms with Crippen molar-refractivity contribution in [1.29, 1.82) is 0 Å². The first-order valence-electron chi connectivity index (χ1n) is 8.67. The fraction of sp³-hybridized carbons (Fsp3) is 0.316. The number of carbonyl (C=O) groups excluding carboxylic acids is 1. The van der Waals surface area contributed by atoms with E-state index in [4.69, 9.17) is 0 Å². The van der Waals surface area contributed by atoms with Crippen molar-refractivity contribution < 1.29 is 4.79 Å². The molecule has 0 unspecified atom stereocenters. The number of nitrogens with one attached hydrogen (secondary N) is 3. The second-order valence-corrected chi connectivity index (χ2v) is 6.23. The van der Waals surface area contributed by atoms with Gasteiger partial charge in [0.25, 0.3) is 5.91 Å². The van der Waals surface area contributed by atoms with Crippen LogP contribution in [0.5, 0.6) is 0 Å². The molecule has 0 saturated heterocycles. The Labute approximate surface area is 165 Å². The summed E-state index contributed by atoms with van der Waals surface area (Å²) in [6.07, 6.45) is 0. The van der Waals surface area contributed by atoms with Crippen molar-refractivity contribution in [2.24, 2.45) is 7.05 Å². The lowest BCUT2D eigenvalue weighted by molar-refractivity contribution is 0.102. The molecule has 0 aliphatic carbocycles. The number of halogens is 1. The summed E-state index contributed by atoms with van der Waals surface area (Å²) in [7, 11) is 1.90. The maximum Gasteiger partial charge on any atom is 0.273 e. The van der Waals surface area contributed by atoms with Crippen LogP contribution in [0.1, 0.15) is 34.4 Å². The third-order valence-corrected chi connectivity index (χ3v) is 4.42. The summed E-state index contributed by atoms with van der Waals surface area (Å²) in [4.78, 5) is 12.6. The van der Waals surface area contributed by atoms with Crippen molar-refractivity contribution in [2.45, 2.75) is 27.3 Å². The smallest absolute Gasteiger partial charge is 0.273 e. The number of aromatic amines is 1. The van der Waals surface area contributed by atoms with Gasteiger partial charge >= 0.3 is 0 Å². The van der Waals surface area contributed by atoms with Crippen LogP contribution in [0.4, 0.5) is 5.69 Å². The number of para-hydroxylation sites is 1. The van der Waals surface area contributed by atoms with Crippen molar-refractivity contribution in [3.63, 3.8) is 0 Å². The van der Waals surface area contributed by atoms with E-state index in [-0.39, 0.29) is 18.3 Å². The van der Waals surface area contributed by atoms with Gasteiger partial charge in [-0.2, -0.15) is 10.2 Å². The summed E-state index contributed by atoms with van der Waals surface area (Å²) in [5, 5.41) is 17.8. The molecule has 1 amide bonds. The molecule has 0 atom stereocenters. The molecule has 7 nitrogen and oxygen atoms in total. The van der Waals surface area contributed by atoms with E-state index in [0.29, 0.717) is 12.2 Å². The Morgan fingerprint density at radius 1 is 1.26 bits per heavy atom. The molecular weight excluding hydrogens is 364 g/mol. The van der Waals surface area contributed by atoms with Crippen LogP contribution in [-0.2, 0) is 13.6 Å². The van der Waals surface area contributed by atoms with Gasteiger partial charge in [-0.05, 0) is 38.1 Å². The summed E-state index contributed by atoms with van der Waals surface area (Å²) in [5.74, 6) is -0.216. The van der Waals surface area contributed by atoms with Gasteiger partial charge in [0.15, 0.2) is 0 Å².